The number of hydrogen-bond donors (Lipinski definition) is 1. The van der Waals surface area contributed by atoms with Crippen molar-refractivity contribution in [2.24, 2.45) is 0 Å². The summed E-state index contributed by atoms with van der Waals surface area (Å²) in [6.07, 6.45) is 0. The Hall–Kier alpha value is -2.04. The zero-order chi connectivity index (χ0) is 15.2. The van der Waals surface area contributed by atoms with Gasteiger partial charge in [-0.1, -0.05) is 23.7 Å². The molecule has 0 spiro atoms. The molecule has 0 heterocycles. The number of benzene rings is 2. The molecular weight excluding hydrogens is 292 g/mol. The monoisotopic (exact) mass is 306 g/mol. The van der Waals surface area contributed by atoms with E-state index in [9.17, 15) is 4.79 Å². The first kappa shape index (κ1) is 15.4. The quantitative estimate of drug-likeness (QED) is 0.679. The Bertz CT molecular complexity index is 640. The van der Waals surface area contributed by atoms with Gasteiger partial charge in [0.1, 0.15) is 0 Å². The molecule has 0 aliphatic heterocycles. The van der Waals surface area contributed by atoms with Gasteiger partial charge in [-0.3, -0.25) is 0 Å². The maximum Gasteiger partial charge on any atom is 0.343 e. The molecule has 0 bridgehead atoms. The summed E-state index contributed by atoms with van der Waals surface area (Å²) < 4.78 is 10.8. The molecular formula is C16H15ClO4. The van der Waals surface area contributed by atoms with Gasteiger partial charge >= 0.3 is 5.97 Å². The number of hydrogen-bond acceptors (Lipinski definition) is 4. The van der Waals surface area contributed by atoms with E-state index < -0.39 is 5.97 Å². The van der Waals surface area contributed by atoms with Gasteiger partial charge in [0.2, 0.25) is 0 Å². The van der Waals surface area contributed by atoms with E-state index in [4.69, 9.17) is 26.2 Å². The van der Waals surface area contributed by atoms with Crippen molar-refractivity contribution in [2.45, 2.75) is 13.5 Å². The van der Waals surface area contributed by atoms with Crippen molar-refractivity contribution in [1.29, 1.82) is 0 Å². The normalized spacial score (nSPS) is 10.2. The van der Waals surface area contributed by atoms with Crippen LogP contribution in [0, 0.1) is 0 Å². The summed E-state index contributed by atoms with van der Waals surface area (Å²) >= 11 is 5.85. The predicted octanol–water partition coefficient (Wildman–Crippen LogP) is 3.45. The van der Waals surface area contributed by atoms with E-state index in [0.717, 1.165) is 0 Å². The zero-order valence-corrected chi connectivity index (χ0v) is 12.3. The minimum atomic E-state index is -0.518. The summed E-state index contributed by atoms with van der Waals surface area (Å²) in [5, 5.41) is 9.60. The van der Waals surface area contributed by atoms with Crippen LogP contribution in [-0.2, 0) is 6.61 Å². The Balaban J connectivity index is 2.24. The summed E-state index contributed by atoms with van der Waals surface area (Å²) in [4.78, 5) is 12.1. The van der Waals surface area contributed by atoms with E-state index >= 15 is 0 Å². The average molecular weight is 307 g/mol. The van der Waals surface area contributed by atoms with Gasteiger partial charge < -0.3 is 14.6 Å². The highest BCUT2D eigenvalue weighted by atomic mass is 35.5. The van der Waals surface area contributed by atoms with Crippen LogP contribution in [0.1, 0.15) is 22.8 Å². The zero-order valence-electron chi connectivity index (χ0n) is 11.5. The van der Waals surface area contributed by atoms with Crippen molar-refractivity contribution < 1.29 is 19.4 Å². The van der Waals surface area contributed by atoms with Gasteiger partial charge in [-0.2, -0.15) is 0 Å². The fourth-order valence-electron chi connectivity index (χ4n) is 1.78. The Morgan fingerprint density at radius 1 is 1.19 bits per heavy atom. The van der Waals surface area contributed by atoms with E-state index in [1.807, 2.05) is 6.92 Å². The molecule has 0 aliphatic rings. The molecule has 2 aromatic rings. The Morgan fingerprint density at radius 3 is 2.67 bits per heavy atom. The maximum absolute atomic E-state index is 12.1. The summed E-state index contributed by atoms with van der Waals surface area (Å²) in [7, 11) is 0. The van der Waals surface area contributed by atoms with Gasteiger partial charge in [0.05, 0.1) is 18.8 Å². The van der Waals surface area contributed by atoms with Gasteiger partial charge in [0.15, 0.2) is 11.5 Å². The first-order valence-corrected chi connectivity index (χ1v) is 6.86. The number of carbonyl (C=O) groups is 1. The van der Waals surface area contributed by atoms with Gasteiger partial charge in [-0.25, -0.2) is 4.79 Å². The van der Waals surface area contributed by atoms with Crippen LogP contribution in [0.2, 0.25) is 5.02 Å². The molecule has 0 saturated heterocycles. The van der Waals surface area contributed by atoms with Gasteiger partial charge in [-0.05, 0) is 42.8 Å². The highest BCUT2D eigenvalue weighted by Crippen LogP contribution is 2.29. The van der Waals surface area contributed by atoms with E-state index in [1.54, 1.807) is 36.4 Å². The lowest BCUT2D eigenvalue weighted by Gasteiger charge is -2.11. The summed E-state index contributed by atoms with van der Waals surface area (Å²) in [6, 6.07) is 11.4. The van der Waals surface area contributed by atoms with E-state index in [-0.39, 0.29) is 6.61 Å². The molecule has 1 N–H and O–H groups in total. The largest absolute Gasteiger partial charge is 0.490 e. The molecule has 0 atom stereocenters. The van der Waals surface area contributed by atoms with Crippen molar-refractivity contribution in [3.63, 3.8) is 0 Å². The third-order valence-electron chi connectivity index (χ3n) is 2.75. The van der Waals surface area contributed by atoms with Crippen LogP contribution in [0.3, 0.4) is 0 Å². The van der Waals surface area contributed by atoms with Crippen molar-refractivity contribution >= 4 is 17.6 Å². The average Bonchev–Trinajstić information content (AvgIpc) is 2.49. The van der Waals surface area contributed by atoms with Gasteiger partial charge in [0, 0.05) is 5.02 Å². The smallest absolute Gasteiger partial charge is 0.343 e. The van der Waals surface area contributed by atoms with Crippen LogP contribution in [0.5, 0.6) is 11.5 Å². The van der Waals surface area contributed by atoms with Crippen LogP contribution < -0.4 is 9.47 Å². The maximum atomic E-state index is 12.1. The summed E-state index contributed by atoms with van der Waals surface area (Å²) in [6.45, 7) is 2.15. The second-order valence-electron chi connectivity index (χ2n) is 4.27. The molecule has 0 saturated carbocycles. The van der Waals surface area contributed by atoms with Crippen molar-refractivity contribution in [2.75, 3.05) is 6.61 Å². The number of ether oxygens (including phenoxy) is 2. The molecule has 2 aromatic carbocycles. The third-order valence-corrected chi connectivity index (χ3v) is 2.99. The molecule has 0 unspecified atom stereocenters. The lowest BCUT2D eigenvalue weighted by atomic mass is 10.2. The Kier molecular flexibility index (Phi) is 5.20. The number of rotatable bonds is 5. The second kappa shape index (κ2) is 7.11. The SMILES string of the molecule is CCOc1cc(CO)ccc1OC(=O)c1cccc(Cl)c1. The summed E-state index contributed by atoms with van der Waals surface area (Å²) in [5.41, 5.74) is 1.04. The minimum Gasteiger partial charge on any atom is -0.490 e. The van der Waals surface area contributed by atoms with Crippen molar-refractivity contribution in [1.82, 2.24) is 0 Å². The predicted molar refractivity (Wildman–Crippen MR) is 79.9 cm³/mol. The first-order chi connectivity index (χ1) is 10.1. The molecule has 0 fully saturated rings. The van der Waals surface area contributed by atoms with Gasteiger partial charge in [0.25, 0.3) is 0 Å². The van der Waals surface area contributed by atoms with E-state index in [1.165, 1.54) is 6.07 Å². The van der Waals surface area contributed by atoms with E-state index in [0.29, 0.717) is 34.3 Å². The topological polar surface area (TPSA) is 55.8 Å². The number of aliphatic hydroxyl groups is 1. The minimum absolute atomic E-state index is 0.109. The van der Waals surface area contributed by atoms with Crippen molar-refractivity contribution in [3.8, 4) is 11.5 Å². The molecule has 0 aromatic heterocycles. The van der Waals surface area contributed by atoms with Crippen LogP contribution in [0.15, 0.2) is 42.5 Å². The number of aliphatic hydroxyl groups excluding tert-OH is 1. The molecule has 4 nitrogen and oxygen atoms in total. The standard InChI is InChI=1S/C16H15ClO4/c1-2-20-15-8-11(10-18)6-7-14(15)21-16(19)12-4-3-5-13(17)9-12/h3-9,18H,2,10H2,1H3. The molecule has 21 heavy (non-hydrogen) atoms. The number of halogens is 1. The van der Waals surface area contributed by atoms with Crippen LogP contribution in [0.25, 0.3) is 0 Å². The fraction of sp³-hybridized carbons (Fsp3) is 0.188. The van der Waals surface area contributed by atoms with Crippen molar-refractivity contribution in [3.05, 3.63) is 58.6 Å². The highest BCUT2D eigenvalue weighted by molar-refractivity contribution is 6.30. The highest BCUT2D eigenvalue weighted by Gasteiger charge is 2.13. The molecule has 2 rings (SSSR count). The second-order valence-corrected chi connectivity index (χ2v) is 4.71. The molecule has 5 heteroatoms. The van der Waals surface area contributed by atoms with E-state index in [2.05, 4.69) is 0 Å². The van der Waals surface area contributed by atoms with Crippen LogP contribution >= 0.6 is 11.6 Å². The first-order valence-electron chi connectivity index (χ1n) is 6.48. The Labute approximate surface area is 127 Å². The summed E-state index contributed by atoms with van der Waals surface area (Å²) in [5.74, 6) is 0.202. The van der Waals surface area contributed by atoms with Crippen LogP contribution in [0.4, 0.5) is 0 Å². The van der Waals surface area contributed by atoms with Gasteiger partial charge in [-0.15, -0.1) is 0 Å². The third kappa shape index (κ3) is 3.97. The Morgan fingerprint density at radius 2 is 2.00 bits per heavy atom. The number of esters is 1. The molecule has 0 radical (unpaired) electrons. The molecule has 110 valence electrons. The molecule has 0 aliphatic carbocycles. The fourth-order valence-corrected chi connectivity index (χ4v) is 1.97. The molecule has 0 amide bonds. The number of carbonyl (C=O) groups excluding carboxylic acids is 1. The lowest BCUT2D eigenvalue weighted by Crippen LogP contribution is -2.09. The lowest BCUT2D eigenvalue weighted by molar-refractivity contribution is 0.0728. The van der Waals surface area contributed by atoms with Crippen LogP contribution in [-0.4, -0.2) is 17.7 Å².